The van der Waals surface area contributed by atoms with Crippen molar-refractivity contribution in [2.75, 3.05) is 27.2 Å². The molecule has 0 amide bonds. The third-order valence-corrected chi connectivity index (χ3v) is 3.59. The number of nitrogens with one attached hydrogen (secondary N) is 1. The van der Waals surface area contributed by atoms with Gasteiger partial charge in [0.1, 0.15) is 5.75 Å². The van der Waals surface area contributed by atoms with Gasteiger partial charge in [-0.05, 0) is 29.3 Å². The molecule has 0 aliphatic carbocycles. The van der Waals surface area contributed by atoms with Crippen LogP contribution in [0.1, 0.15) is 17.5 Å². The number of quaternary nitrogens is 1. The molecular weight excluding hydrogens is 302 g/mol. The first-order chi connectivity index (χ1) is 11.6. The van der Waals surface area contributed by atoms with Crippen molar-refractivity contribution in [1.82, 2.24) is 0 Å². The van der Waals surface area contributed by atoms with Crippen molar-refractivity contribution >= 4 is 17.6 Å². The number of rotatable bonds is 8. The molecule has 0 aliphatic rings. The minimum absolute atomic E-state index is 0.165. The zero-order chi connectivity index (χ0) is 17.4. The van der Waals surface area contributed by atoms with E-state index in [9.17, 15) is 9.90 Å². The summed E-state index contributed by atoms with van der Waals surface area (Å²) in [5.74, 6) is -0.400. The van der Waals surface area contributed by atoms with Crippen molar-refractivity contribution in [2.24, 2.45) is 0 Å². The summed E-state index contributed by atoms with van der Waals surface area (Å²) >= 11 is 0. The van der Waals surface area contributed by atoms with Crippen molar-refractivity contribution in [3.8, 4) is 5.75 Å². The third-order valence-electron chi connectivity index (χ3n) is 3.59. The Hall–Kier alpha value is -2.59. The van der Waals surface area contributed by atoms with Gasteiger partial charge in [0.2, 0.25) is 0 Å². The molecule has 0 saturated carbocycles. The summed E-state index contributed by atoms with van der Waals surface area (Å²) in [7, 11) is 4.23. The second-order valence-electron chi connectivity index (χ2n) is 5.94. The molecular formula is C20H23NO3. The van der Waals surface area contributed by atoms with Gasteiger partial charge in [-0.2, -0.15) is 0 Å². The number of carbonyl (C=O) groups excluding carboxylic acids is 1. The Balaban J connectivity index is 2.05. The number of benzene rings is 2. The Labute approximate surface area is 143 Å². The van der Waals surface area contributed by atoms with Crippen molar-refractivity contribution in [3.05, 3.63) is 65.7 Å². The number of ether oxygens (including phenoxy) is 1. The second-order valence-corrected chi connectivity index (χ2v) is 5.94. The van der Waals surface area contributed by atoms with Crippen LogP contribution in [0.2, 0.25) is 0 Å². The van der Waals surface area contributed by atoms with E-state index < -0.39 is 5.97 Å². The first-order valence-electron chi connectivity index (χ1n) is 8.06. The molecule has 4 heteroatoms. The molecule has 0 unspecified atom stereocenters. The average Bonchev–Trinajstić information content (AvgIpc) is 2.58. The molecule has 0 spiro atoms. The van der Waals surface area contributed by atoms with E-state index in [1.165, 1.54) is 4.90 Å². The van der Waals surface area contributed by atoms with E-state index in [-0.39, 0.29) is 5.57 Å². The van der Waals surface area contributed by atoms with Crippen molar-refractivity contribution in [3.63, 3.8) is 0 Å². The molecule has 0 bridgehead atoms. The number of hydrogen-bond acceptors (Lipinski definition) is 3. The smallest absolute Gasteiger partial charge is 0.119 e. The summed E-state index contributed by atoms with van der Waals surface area (Å²) in [5, 5.41) is 11.4. The lowest BCUT2D eigenvalue weighted by molar-refractivity contribution is -0.858. The van der Waals surface area contributed by atoms with Crippen LogP contribution in [0.25, 0.3) is 11.6 Å². The van der Waals surface area contributed by atoms with Crippen molar-refractivity contribution in [1.29, 1.82) is 0 Å². The molecule has 0 aliphatic heterocycles. The molecule has 0 atom stereocenters. The fourth-order valence-electron chi connectivity index (χ4n) is 2.32. The van der Waals surface area contributed by atoms with E-state index >= 15 is 0 Å². The highest BCUT2D eigenvalue weighted by molar-refractivity contribution is 6.19. The summed E-state index contributed by atoms with van der Waals surface area (Å²) in [6.45, 7) is 1.74. The van der Waals surface area contributed by atoms with Gasteiger partial charge < -0.3 is 19.5 Å². The van der Waals surface area contributed by atoms with Crippen LogP contribution >= 0.6 is 0 Å². The van der Waals surface area contributed by atoms with Gasteiger partial charge in [0.15, 0.2) is 0 Å². The largest absolute Gasteiger partial charge is 0.545 e. The number of carboxylic acids is 1. The first-order valence-corrected chi connectivity index (χ1v) is 8.06. The highest BCUT2D eigenvalue weighted by atomic mass is 16.5. The lowest BCUT2D eigenvalue weighted by Crippen LogP contribution is -3.05. The highest BCUT2D eigenvalue weighted by Crippen LogP contribution is 2.19. The maximum atomic E-state index is 11.4. The minimum Gasteiger partial charge on any atom is -0.545 e. The van der Waals surface area contributed by atoms with Gasteiger partial charge >= 0.3 is 0 Å². The first kappa shape index (κ1) is 17.8. The minimum atomic E-state index is -1.19. The standard InChI is InChI=1S/C20H23NO3/c1-21(2)13-6-14-24-18-11-9-16(10-12-18)15-19(20(22)23)17-7-4-3-5-8-17/h3-5,7-12,15H,6,13-14H2,1-2H3,(H,22,23)/b19-15+. The van der Waals surface area contributed by atoms with Gasteiger partial charge in [0.05, 0.1) is 33.2 Å². The molecule has 4 nitrogen and oxygen atoms in total. The van der Waals surface area contributed by atoms with Crippen LogP contribution in [0.4, 0.5) is 0 Å². The monoisotopic (exact) mass is 325 g/mol. The number of hydrogen-bond donors (Lipinski definition) is 1. The maximum absolute atomic E-state index is 11.4. The predicted molar refractivity (Wildman–Crippen MR) is 93.6 cm³/mol. The third kappa shape index (κ3) is 5.56. The molecule has 1 N–H and O–H groups in total. The maximum Gasteiger partial charge on any atom is 0.119 e. The molecule has 0 saturated heterocycles. The second kappa shape index (κ2) is 8.89. The van der Waals surface area contributed by atoms with E-state index in [1.807, 2.05) is 30.3 Å². The van der Waals surface area contributed by atoms with Crippen LogP contribution < -0.4 is 14.7 Å². The lowest BCUT2D eigenvalue weighted by atomic mass is 10.0. The molecule has 0 radical (unpaired) electrons. The van der Waals surface area contributed by atoms with E-state index in [2.05, 4.69) is 14.1 Å². The summed E-state index contributed by atoms with van der Waals surface area (Å²) < 4.78 is 5.69. The number of carbonyl (C=O) groups is 1. The fraction of sp³-hybridized carbons (Fsp3) is 0.250. The van der Waals surface area contributed by atoms with Crippen molar-refractivity contribution in [2.45, 2.75) is 6.42 Å². The molecule has 0 fully saturated rings. The zero-order valence-corrected chi connectivity index (χ0v) is 14.1. The molecule has 0 heterocycles. The SMILES string of the molecule is C[NH+](C)CCCOc1ccc(/C=C(/C(=O)[O-])c2ccccc2)cc1. The highest BCUT2D eigenvalue weighted by Gasteiger charge is 2.03. The van der Waals surface area contributed by atoms with Crippen LogP contribution in [-0.4, -0.2) is 33.2 Å². The Morgan fingerprint density at radius 1 is 1.08 bits per heavy atom. The molecule has 2 rings (SSSR count). The Kier molecular flexibility index (Phi) is 6.58. The van der Waals surface area contributed by atoms with Crippen molar-refractivity contribution < 1.29 is 19.5 Å². The van der Waals surface area contributed by atoms with Gasteiger partial charge in [-0.1, -0.05) is 42.5 Å². The lowest BCUT2D eigenvalue weighted by Gasteiger charge is -2.10. The molecule has 0 aromatic heterocycles. The van der Waals surface area contributed by atoms with Crippen LogP contribution in [0.15, 0.2) is 54.6 Å². The fourth-order valence-corrected chi connectivity index (χ4v) is 2.32. The van der Waals surface area contributed by atoms with Gasteiger partial charge in [0, 0.05) is 12.0 Å². The van der Waals surface area contributed by atoms with Gasteiger partial charge in [0.25, 0.3) is 0 Å². The Bertz CT molecular complexity index is 676. The number of aliphatic carboxylic acids is 1. The quantitative estimate of drug-likeness (QED) is 0.445. The summed E-state index contributed by atoms with van der Waals surface area (Å²) in [4.78, 5) is 12.8. The molecule has 24 heavy (non-hydrogen) atoms. The van der Waals surface area contributed by atoms with Crippen LogP contribution in [0, 0.1) is 0 Å². The van der Waals surface area contributed by atoms with Crippen LogP contribution in [0.3, 0.4) is 0 Å². The summed E-state index contributed by atoms with van der Waals surface area (Å²) in [6, 6.07) is 16.4. The van der Waals surface area contributed by atoms with E-state index in [0.717, 1.165) is 24.3 Å². The summed E-state index contributed by atoms with van der Waals surface area (Å²) in [5.41, 5.74) is 1.59. The topological polar surface area (TPSA) is 53.8 Å². The molecule has 126 valence electrons. The molecule has 2 aromatic carbocycles. The van der Waals surface area contributed by atoms with Gasteiger partial charge in [-0.25, -0.2) is 0 Å². The number of carboxylic acid groups (broad SMARTS) is 1. The van der Waals surface area contributed by atoms with Crippen LogP contribution in [0.5, 0.6) is 5.75 Å². The predicted octanol–water partition coefficient (Wildman–Crippen LogP) is 0.891. The zero-order valence-electron chi connectivity index (χ0n) is 14.1. The van der Waals surface area contributed by atoms with Gasteiger partial charge in [-0.3, -0.25) is 0 Å². The van der Waals surface area contributed by atoms with Gasteiger partial charge in [-0.15, -0.1) is 0 Å². The Morgan fingerprint density at radius 2 is 1.75 bits per heavy atom. The average molecular weight is 325 g/mol. The van der Waals surface area contributed by atoms with E-state index in [0.29, 0.717) is 12.2 Å². The Morgan fingerprint density at radius 3 is 2.33 bits per heavy atom. The van der Waals surface area contributed by atoms with Crippen LogP contribution in [-0.2, 0) is 4.79 Å². The van der Waals surface area contributed by atoms with E-state index in [1.54, 1.807) is 30.3 Å². The normalized spacial score (nSPS) is 11.5. The summed E-state index contributed by atoms with van der Waals surface area (Å²) in [6.07, 6.45) is 2.61. The van der Waals surface area contributed by atoms with E-state index in [4.69, 9.17) is 4.74 Å². The molecule has 2 aromatic rings.